The molecular formula is C12H16N2O6S2. The van der Waals surface area contributed by atoms with Crippen LogP contribution in [0.5, 0.6) is 0 Å². The van der Waals surface area contributed by atoms with Crippen LogP contribution >= 0.6 is 0 Å². The molecule has 0 spiro atoms. The fraction of sp³-hybridized carbons (Fsp3) is 0.500. The van der Waals surface area contributed by atoms with E-state index in [1.807, 2.05) is 0 Å². The number of nitrogens with one attached hydrogen (secondary N) is 1. The summed E-state index contributed by atoms with van der Waals surface area (Å²) < 4.78 is 50.4. The third-order valence-corrected chi connectivity index (χ3v) is 7.24. The van der Waals surface area contributed by atoms with Crippen molar-refractivity contribution in [3.8, 4) is 0 Å². The zero-order chi connectivity index (χ0) is 16.8. The van der Waals surface area contributed by atoms with Crippen LogP contribution in [0, 0.1) is 17.0 Å². The van der Waals surface area contributed by atoms with Crippen molar-refractivity contribution in [3.05, 3.63) is 33.9 Å². The number of non-ortho nitro benzene ring substituents is 1. The summed E-state index contributed by atoms with van der Waals surface area (Å²) in [5, 5.41) is 10.7. The first kappa shape index (κ1) is 16.8. The highest BCUT2D eigenvalue weighted by molar-refractivity contribution is 7.92. The lowest BCUT2D eigenvalue weighted by Gasteiger charge is -2.24. The lowest BCUT2D eigenvalue weighted by atomic mass is 10.0. The van der Waals surface area contributed by atoms with E-state index in [1.54, 1.807) is 0 Å². The molecule has 0 aliphatic carbocycles. The predicted octanol–water partition coefficient (Wildman–Crippen LogP) is 0.759. The van der Waals surface area contributed by atoms with E-state index >= 15 is 0 Å². The van der Waals surface area contributed by atoms with Gasteiger partial charge in [-0.3, -0.25) is 10.1 Å². The first-order chi connectivity index (χ1) is 9.94. The fourth-order valence-electron chi connectivity index (χ4n) is 2.52. The van der Waals surface area contributed by atoms with Gasteiger partial charge in [0.2, 0.25) is 10.0 Å². The van der Waals surface area contributed by atoms with Crippen molar-refractivity contribution in [2.75, 3.05) is 11.5 Å². The molecule has 0 bridgehead atoms. The number of hydrogen-bond acceptors (Lipinski definition) is 6. The molecule has 1 aromatic rings. The molecule has 10 heteroatoms. The lowest BCUT2D eigenvalue weighted by molar-refractivity contribution is -0.385. The smallest absolute Gasteiger partial charge is 0.258 e. The van der Waals surface area contributed by atoms with Gasteiger partial charge in [0.1, 0.15) is 0 Å². The van der Waals surface area contributed by atoms with Gasteiger partial charge < -0.3 is 0 Å². The molecule has 1 atom stereocenters. The second-order valence-corrected chi connectivity index (χ2v) is 9.55. The van der Waals surface area contributed by atoms with Crippen LogP contribution in [0.4, 0.5) is 5.69 Å². The molecule has 1 aromatic carbocycles. The van der Waals surface area contributed by atoms with Crippen molar-refractivity contribution in [3.63, 3.8) is 0 Å². The van der Waals surface area contributed by atoms with Gasteiger partial charge in [0, 0.05) is 17.7 Å². The van der Waals surface area contributed by atoms with Crippen molar-refractivity contribution in [2.24, 2.45) is 0 Å². The number of hydrogen-bond donors (Lipinski definition) is 1. The molecule has 1 aliphatic rings. The second-order valence-electron chi connectivity index (χ2n) is 5.72. The van der Waals surface area contributed by atoms with Gasteiger partial charge in [-0.1, -0.05) is 0 Å². The van der Waals surface area contributed by atoms with Gasteiger partial charge in [0.15, 0.2) is 9.84 Å². The minimum atomic E-state index is -3.96. The Bertz CT molecular complexity index is 831. The molecule has 2 rings (SSSR count). The molecule has 0 amide bonds. The number of nitro benzene ring substituents is 1. The zero-order valence-corrected chi connectivity index (χ0v) is 13.7. The maximum Gasteiger partial charge on any atom is 0.269 e. The van der Waals surface area contributed by atoms with E-state index in [0.717, 1.165) is 12.1 Å². The van der Waals surface area contributed by atoms with Crippen molar-refractivity contribution in [1.29, 1.82) is 0 Å². The van der Waals surface area contributed by atoms with Crippen molar-refractivity contribution in [2.45, 2.75) is 30.7 Å². The number of sulfonamides is 1. The summed E-state index contributed by atoms with van der Waals surface area (Å²) in [6.07, 6.45) is 0.195. The molecule has 1 heterocycles. The Morgan fingerprint density at radius 3 is 2.45 bits per heavy atom. The van der Waals surface area contributed by atoms with Gasteiger partial charge in [-0.15, -0.1) is 0 Å². The summed E-state index contributed by atoms with van der Waals surface area (Å²) >= 11 is 0. The van der Waals surface area contributed by atoms with Gasteiger partial charge in [-0.2, -0.15) is 0 Å². The van der Waals surface area contributed by atoms with Crippen LogP contribution < -0.4 is 4.72 Å². The molecule has 1 saturated heterocycles. The molecule has 0 radical (unpaired) electrons. The molecule has 8 nitrogen and oxygen atoms in total. The van der Waals surface area contributed by atoms with Crippen LogP contribution in [0.2, 0.25) is 0 Å². The third kappa shape index (κ3) is 3.45. The monoisotopic (exact) mass is 348 g/mol. The van der Waals surface area contributed by atoms with Crippen LogP contribution in [0.25, 0.3) is 0 Å². The number of nitro groups is 1. The highest BCUT2D eigenvalue weighted by atomic mass is 32.2. The molecule has 1 fully saturated rings. The summed E-state index contributed by atoms with van der Waals surface area (Å²) in [7, 11) is -7.22. The number of aryl methyl sites for hydroxylation is 1. The first-order valence-corrected chi connectivity index (χ1v) is 9.74. The zero-order valence-electron chi connectivity index (χ0n) is 12.1. The Balaban J connectivity index is 2.34. The Morgan fingerprint density at radius 1 is 1.36 bits per heavy atom. The molecule has 122 valence electrons. The highest BCUT2D eigenvalue weighted by Crippen LogP contribution is 2.27. The van der Waals surface area contributed by atoms with E-state index < -0.39 is 30.3 Å². The van der Waals surface area contributed by atoms with Gasteiger partial charge in [-0.25, -0.2) is 21.6 Å². The molecule has 1 N–H and O–H groups in total. The average Bonchev–Trinajstić information content (AvgIpc) is 2.61. The largest absolute Gasteiger partial charge is 0.269 e. The predicted molar refractivity (Wildman–Crippen MR) is 79.8 cm³/mol. The summed E-state index contributed by atoms with van der Waals surface area (Å²) in [4.78, 5) is 9.99. The standard InChI is InChI=1S/C12H16N2O6S2/c1-9-7-10(14(15)16)3-4-11(9)22(19,20)13-12(2)5-6-21(17,18)8-12/h3-4,7,13H,5-6,8H2,1-2H3/t12-/m1/s1. The average molecular weight is 348 g/mol. The summed E-state index contributed by atoms with van der Waals surface area (Å²) in [5.74, 6) is -0.323. The lowest BCUT2D eigenvalue weighted by Crippen LogP contribution is -2.46. The molecule has 0 aromatic heterocycles. The number of sulfone groups is 1. The van der Waals surface area contributed by atoms with Gasteiger partial charge >= 0.3 is 0 Å². The van der Waals surface area contributed by atoms with Crippen molar-refractivity contribution >= 4 is 25.5 Å². The minimum Gasteiger partial charge on any atom is -0.258 e. The second kappa shape index (κ2) is 5.28. The van der Waals surface area contributed by atoms with E-state index in [-0.39, 0.29) is 34.1 Å². The van der Waals surface area contributed by atoms with E-state index in [0.29, 0.717) is 0 Å². The molecular weight excluding hydrogens is 332 g/mol. The number of rotatable bonds is 4. The molecule has 0 unspecified atom stereocenters. The van der Waals surface area contributed by atoms with Crippen LogP contribution in [-0.4, -0.2) is 38.8 Å². The van der Waals surface area contributed by atoms with Crippen LogP contribution in [0.15, 0.2) is 23.1 Å². The molecule has 0 saturated carbocycles. The first-order valence-electron chi connectivity index (χ1n) is 6.44. The quantitative estimate of drug-likeness (QED) is 0.633. The SMILES string of the molecule is Cc1cc([N+](=O)[O-])ccc1S(=O)(=O)N[C@]1(C)CCS(=O)(=O)C1. The maximum absolute atomic E-state index is 12.4. The topological polar surface area (TPSA) is 123 Å². The summed E-state index contributed by atoms with van der Waals surface area (Å²) in [5.41, 5.74) is -1.04. The molecule has 1 aliphatic heterocycles. The Hall–Kier alpha value is -1.52. The van der Waals surface area contributed by atoms with E-state index in [4.69, 9.17) is 0 Å². The van der Waals surface area contributed by atoms with Crippen LogP contribution in [0.3, 0.4) is 0 Å². The minimum absolute atomic E-state index is 0.0642. The number of benzene rings is 1. The maximum atomic E-state index is 12.4. The third-order valence-electron chi connectivity index (χ3n) is 3.54. The normalized spacial score (nSPS) is 24.3. The summed E-state index contributed by atoms with van der Waals surface area (Å²) in [6, 6.07) is 3.43. The van der Waals surface area contributed by atoms with Gasteiger partial charge in [0.25, 0.3) is 5.69 Å². The van der Waals surface area contributed by atoms with E-state index in [9.17, 15) is 26.9 Å². The van der Waals surface area contributed by atoms with Crippen LogP contribution in [-0.2, 0) is 19.9 Å². The Labute approximate surface area is 128 Å². The number of nitrogens with zero attached hydrogens (tertiary/aromatic N) is 1. The van der Waals surface area contributed by atoms with Crippen molar-refractivity contribution < 1.29 is 21.8 Å². The Morgan fingerprint density at radius 2 is 2.00 bits per heavy atom. The fourth-order valence-corrected chi connectivity index (χ4v) is 6.37. The van der Waals surface area contributed by atoms with Gasteiger partial charge in [-0.05, 0) is 31.9 Å². The van der Waals surface area contributed by atoms with Crippen LogP contribution in [0.1, 0.15) is 18.9 Å². The Kier molecular flexibility index (Phi) is 4.05. The van der Waals surface area contributed by atoms with E-state index in [1.165, 1.54) is 19.9 Å². The summed E-state index contributed by atoms with van der Waals surface area (Å²) in [6.45, 7) is 2.99. The van der Waals surface area contributed by atoms with Crippen molar-refractivity contribution in [1.82, 2.24) is 4.72 Å². The molecule has 22 heavy (non-hydrogen) atoms. The highest BCUT2D eigenvalue weighted by Gasteiger charge is 2.41. The van der Waals surface area contributed by atoms with E-state index in [2.05, 4.69) is 4.72 Å². The van der Waals surface area contributed by atoms with Gasteiger partial charge in [0.05, 0.1) is 21.3 Å².